The number of carbonyl (C=O) groups is 3. The molecule has 0 radical (unpaired) electrons. The number of hydrogen-bond donors (Lipinski definition) is 2. The SMILES string of the molecule is CC(=O)N1CCN(CC(C)(O)c2cc(F)c3c(c2)C(=O)N(Cc2ccc(Cl)cn2)[C@@]3(OCC2(C(N)=O)CC2)c2ccc(Cl)cc2)CC1. The van der Waals surface area contributed by atoms with Crippen molar-refractivity contribution in [1.29, 1.82) is 0 Å². The Hall–Kier alpha value is -3.61. The number of hydrogen-bond acceptors (Lipinski definition) is 7. The molecule has 1 saturated carbocycles. The molecule has 3 aliphatic rings. The molecule has 0 spiro atoms. The van der Waals surface area contributed by atoms with Crippen molar-refractivity contribution in [2.24, 2.45) is 11.1 Å². The minimum atomic E-state index is -1.83. The molecule has 3 amide bonds. The second-order valence-corrected chi connectivity index (χ2v) is 13.8. The van der Waals surface area contributed by atoms with E-state index in [0.29, 0.717) is 60.3 Å². The minimum Gasteiger partial charge on any atom is -0.384 e. The Kier molecular flexibility index (Phi) is 8.82. The van der Waals surface area contributed by atoms with Gasteiger partial charge in [-0.2, -0.15) is 0 Å². The average molecular weight is 685 g/mol. The number of amides is 3. The molecule has 3 N–H and O–H groups in total. The molecular weight excluding hydrogens is 648 g/mol. The monoisotopic (exact) mass is 683 g/mol. The Morgan fingerprint density at radius 2 is 1.72 bits per heavy atom. The third kappa shape index (κ3) is 6.23. The standard InChI is InChI=1S/C34H36Cl2FN5O5/c1-21(43)41-13-11-40(12-14-41)19-32(2,46)23-15-27-29(28(37)16-23)34(22-3-5-24(35)6-4-22,47-20-33(9-10-33)31(38)45)42(30(27)44)18-26-8-7-25(36)17-39-26/h3-8,15-17,46H,9-14,18-20H2,1-2H3,(H2,38,45)/t32?,34-/m1/s1. The molecule has 248 valence electrons. The molecule has 1 unspecified atom stereocenters. The molecule has 13 heteroatoms. The van der Waals surface area contributed by atoms with Crippen LogP contribution >= 0.6 is 23.2 Å². The molecule has 2 aromatic carbocycles. The van der Waals surface area contributed by atoms with Crippen molar-refractivity contribution >= 4 is 40.9 Å². The van der Waals surface area contributed by atoms with Crippen molar-refractivity contribution < 1.29 is 28.6 Å². The smallest absolute Gasteiger partial charge is 0.257 e. The Morgan fingerprint density at radius 3 is 2.30 bits per heavy atom. The van der Waals surface area contributed by atoms with Crippen LogP contribution in [0.2, 0.25) is 10.0 Å². The summed E-state index contributed by atoms with van der Waals surface area (Å²) >= 11 is 12.3. The molecule has 0 bridgehead atoms. The summed E-state index contributed by atoms with van der Waals surface area (Å²) in [4.78, 5) is 48.2. The van der Waals surface area contributed by atoms with Crippen LogP contribution in [-0.2, 0) is 32.2 Å². The van der Waals surface area contributed by atoms with Crippen molar-refractivity contribution in [1.82, 2.24) is 19.7 Å². The number of piperazine rings is 1. The molecule has 1 saturated heterocycles. The van der Waals surface area contributed by atoms with Crippen molar-refractivity contribution in [2.45, 2.75) is 44.6 Å². The van der Waals surface area contributed by atoms with Gasteiger partial charge in [0.05, 0.1) is 46.0 Å². The highest BCUT2D eigenvalue weighted by Crippen LogP contribution is 2.52. The van der Waals surface area contributed by atoms with Gasteiger partial charge in [-0.1, -0.05) is 35.3 Å². The molecule has 10 nitrogen and oxygen atoms in total. The molecular formula is C34H36Cl2FN5O5. The first-order valence-corrected chi connectivity index (χ1v) is 16.2. The summed E-state index contributed by atoms with van der Waals surface area (Å²) in [5, 5.41) is 12.5. The van der Waals surface area contributed by atoms with E-state index in [1.165, 1.54) is 30.2 Å². The number of primary amides is 1. The Labute approximate surface area is 282 Å². The Bertz CT molecular complexity index is 1710. The van der Waals surface area contributed by atoms with Crippen LogP contribution in [-0.4, -0.2) is 81.8 Å². The van der Waals surface area contributed by atoms with Gasteiger partial charge in [-0.15, -0.1) is 0 Å². The van der Waals surface area contributed by atoms with Gasteiger partial charge in [0.15, 0.2) is 5.72 Å². The van der Waals surface area contributed by atoms with Crippen LogP contribution in [0.25, 0.3) is 0 Å². The van der Waals surface area contributed by atoms with E-state index in [0.717, 1.165) is 0 Å². The van der Waals surface area contributed by atoms with E-state index in [1.807, 2.05) is 4.90 Å². The van der Waals surface area contributed by atoms with Crippen LogP contribution in [0.5, 0.6) is 0 Å². The first-order valence-electron chi connectivity index (χ1n) is 15.4. The lowest BCUT2D eigenvalue weighted by molar-refractivity contribution is -0.142. The van der Waals surface area contributed by atoms with E-state index in [2.05, 4.69) is 4.98 Å². The highest BCUT2D eigenvalue weighted by atomic mass is 35.5. The van der Waals surface area contributed by atoms with Crippen molar-refractivity contribution in [3.8, 4) is 0 Å². The predicted molar refractivity (Wildman–Crippen MR) is 173 cm³/mol. The van der Waals surface area contributed by atoms with Crippen LogP contribution in [0, 0.1) is 11.2 Å². The summed E-state index contributed by atoms with van der Waals surface area (Å²) in [7, 11) is 0. The largest absolute Gasteiger partial charge is 0.384 e. The van der Waals surface area contributed by atoms with Gasteiger partial charge in [0, 0.05) is 56.4 Å². The lowest BCUT2D eigenvalue weighted by Crippen LogP contribution is -2.51. The molecule has 3 heterocycles. The van der Waals surface area contributed by atoms with Gasteiger partial charge in [-0.05, 0) is 61.7 Å². The number of aliphatic hydroxyl groups is 1. The average Bonchev–Trinajstić information content (AvgIpc) is 3.79. The summed E-state index contributed by atoms with van der Waals surface area (Å²) in [6, 6.07) is 12.6. The number of nitrogens with two attached hydrogens (primary N) is 1. The number of fused-ring (bicyclic) bond motifs is 1. The maximum Gasteiger partial charge on any atom is 0.257 e. The summed E-state index contributed by atoms with van der Waals surface area (Å²) in [6.07, 6.45) is 2.46. The van der Waals surface area contributed by atoms with E-state index in [9.17, 15) is 19.5 Å². The van der Waals surface area contributed by atoms with Gasteiger partial charge in [0.1, 0.15) is 5.82 Å². The highest BCUT2D eigenvalue weighted by molar-refractivity contribution is 6.30. The number of aromatic nitrogens is 1. The molecule has 1 aliphatic carbocycles. The third-order valence-electron chi connectivity index (χ3n) is 9.53. The molecule has 2 fully saturated rings. The molecule has 3 aromatic rings. The quantitative estimate of drug-likeness (QED) is 0.330. The number of pyridine rings is 1. The topological polar surface area (TPSA) is 129 Å². The summed E-state index contributed by atoms with van der Waals surface area (Å²) < 4.78 is 23.4. The predicted octanol–water partition coefficient (Wildman–Crippen LogP) is 4.04. The van der Waals surface area contributed by atoms with Crippen molar-refractivity contribution in [2.75, 3.05) is 39.3 Å². The number of rotatable bonds is 10. The molecule has 2 atom stereocenters. The van der Waals surface area contributed by atoms with E-state index >= 15 is 4.39 Å². The highest BCUT2D eigenvalue weighted by Gasteiger charge is 2.58. The van der Waals surface area contributed by atoms with Gasteiger partial charge >= 0.3 is 0 Å². The first kappa shape index (κ1) is 33.3. The number of β-amino-alcohol motifs (C(OH)–C–C–N with tert-alkyl or cyclic N) is 1. The number of ether oxygens (including phenoxy) is 1. The fraction of sp³-hybridized carbons (Fsp3) is 0.412. The second kappa shape index (κ2) is 12.4. The number of nitrogens with zero attached hydrogens (tertiary/aromatic N) is 4. The van der Waals surface area contributed by atoms with Gasteiger partial charge < -0.3 is 20.5 Å². The zero-order valence-electron chi connectivity index (χ0n) is 26.1. The maximum atomic E-state index is 16.8. The van der Waals surface area contributed by atoms with E-state index in [4.69, 9.17) is 33.7 Å². The fourth-order valence-electron chi connectivity index (χ4n) is 6.51. The van der Waals surface area contributed by atoms with Crippen molar-refractivity contribution in [3.05, 3.63) is 98.5 Å². The number of halogens is 3. The van der Waals surface area contributed by atoms with Crippen LogP contribution in [0.3, 0.4) is 0 Å². The zero-order chi connectivity index (χ0) is 33.7. The lowest BCUT2D eigenvalue weighted by Gasteiger charge is -2.40. The molecule has 1 aromatic heterocycles. The van der Waals surface area contributed by atoms with Crippen LogP contribution < -0.4 is 5.73 Å². The first-order chi connectivity index (χ1) is 22.3. The van der Waals surface area contributed by atoms with Gasteiger partial charge in [-0.3, -0.25) is 29.2 Å². The normalized spacial score (nSPS) is 21.8. The summed E-state index contributed by atoms with van der Waals surface area (Å²) in [6.45, 7) is 5.12. The summed E-state index contributed by atoms with van der Waals surface area (Å²) in [5.41, 5.74) is 2.47. The van der Waals surface area contributed by atoms with Gasteiger partial charge in [-0.25, -0.2) is 4.39 Å². The van der Waals surface area contributed by atoms with E-state index < -0.39 is 34.4 Å². The third-order valence-corrected chi connectivity index (χ3v) is 10.0. The Morgan fingerprint density at radius 1 is 1.06 bits per heavy atom. The zero-order valence-corrected chi connectivity index (χ0v) is 27.7. The number of benzene rings is 2. The maximum absolute atomic E-state index is 16.8. The number of carbonyl (C=O) groups excluding carboxylic acids is 3. The molecule has 6 rings (SSSR count). The Balaban J connectivity index is 1.45. The van der Waals surface area contributed by atoms with Gasteiger partial charge in [0.2, 0.25) is 11.8 Å². The molecule has 47 heavy (non-hydrogen) atoms. The van der Waals surface area contributed by atoms with Gasteiger partial charge in [0.25, 0.3) is 5.91 Å². The van der Waals surface area contributed by atoms with Crippen LogP contribution in [0.4, 0.5) is 4.39 Å². The van der Waals surface area contributed by atoms with Crippen LogP contribution in [0.1, 0.15) is 59.4 Å². The molecule has 2 aliphatic heterocycles. The lowest BCUT2D eigenvalue weighted by atomic mass is 9.87. The fourth-order valence-corrected chi connectivity index (χ4v) is 6.75. The van der Waals surface area contributed by atoms with Crippen molar-refractivity contribution in [3.63, 3.8) is 0 Å². The van der Waals surface area contributed by atoms with Crippen LogP contribution in [0.15, 0.2) is 54.7 Å². The minimum absolute atomic E-state index is 0.00881. The summed E-state index contributed by atoms with van der Waals surface area (Å²) in [5.74, 6) is -1.86. The van der Waals surface area contributed by atoms with E-state index in [-0.39, 0.29) is 42.3 Å². The second-order valence-electron chi connectivity index (χ2n) is 12.9. The van der Waals surface area contributed by atoms with E-state index in [1.54, 1.807) is 48.2 Å².